The molecule has 0 aliphatic carbocycles. The fraction of sp³-hybridized carbons (Fsp3) is 0.238. The van der Waals surface area contributed by atoms with E-state index in [2.05, 4.69) is 25.6 Å². The molecule has 0 atom stereocenters. The fourth-order valence-electron chi connectivity index (χ4n) is 3.17. The van der Waals surface area contributed by atoms with E-state index in [0.29, 0.717) is 30.3 Å². The predicted octanol–water partition coefficient (Wildman–Crippen LogP) is 3.26. The van der Waals surface area contributed by atoms with Crippen LogP contribution in [0, 0.1) is 0 Å². The number of halogens is 3. The first-order valence-electron chi connectivity index (χ1n) is 9.69. The van der Waals surface area contributed by atoms with Gasteiger partial charge in [-0.1, -0.05) is 18.2 Å². The number of nitrogens with zero attached hydrogens (tertiary/aromatic N) is 4. The van der Waals surface area contributed by atoms with Crippen LogP contribution in [0.15, 0.2) is 54.9 Å². The molecule has 32 heavy (non-hydrogen) atoms. The third kappa shape index (κ3) is 4.71. The van der Waals surface area contributed by atoms with Crippen LogP contribution in [0.3, 0.4) is 0 Å². The zero-order valence-electron chi connectivity index (χ0n) is 16.9. The Kier molecular flexibility index (Phi) is 5.80. The highest BCUT2D eigenvalue weighted by Crippen LogP contribution is 2.37. The molecule has 11 heteroatoms. The third-order valence-electron chi connectivity index (χ3n) is 4.78. The third-order valence-corrected chi connectivity index (χ3v) is 4.78. The molecule has 0 saturated carbocycles. The van der Waals surface area contributed by atoms with Crippen molar-refractivity contribution in [3.05, 3.63) is 66.0 Å². The molecule has 4 rings (SSSR count). The summed E-state index contributed by atoms with van der Waals surface area (Å²) < 4.78 is 44.9. The molecule has 1 aliphatic heterocycles. The number of rotatable bonds is 6. The lowest BCUT2D eigenvalue weighted by molar-refractivity contribution is -0.139. The first-order chi connectivity index (χ1) is 15.3. The number of anilines is 3. The second-order valence-corrected chi connectivity index (χ2v) is 7.03. The molecular weight excluding hydrogens is 425 g/mol. The Labute approximate surface area is 181 Å². The summed E-state index contributed by atoms with van der Waals surface area (Å²) in [6, 6.07) is 12.0. The van der Waals surface area contributed by atoms with Crippen molar-refractivity contribution in [1.82, 2.24) is 20.3 Å². The van der Waals surface area contributed by atoms with Crippen molar-refractivity contribution in [2.75, 3.05) is 30.4 Å². The van der Waals surface area contributed by atoms with Crippen molar-refractivity contribution in [2.24, 2.45) is 0 Å². The minimum absolute atomic E-state index is 0.196. The van der Waals surface area contributed by atoms with Gasteiger partial charge in [0.25, 0.3) is 5.91 Å². The number of carbonyl (C=O) groups excluding carboxylic acids is 1. The van der Waals surface area contributed by atoms with Crippen LogP contribution in [0.4, 0.5) is 30.8 Å². The molecule has 0 spiro atoms. The Morgan fingerprint density at radius 1 is 1.12 bits per heavy atom. The Hall–Kier alpha value is -3.89. The van der Waals surface area contributed by atoms with Gasteiger partial charge in [0, 0.05) is 18.3 Å². The molecule has 2 heterocycles. The number of benzene rings is 2. The number of ether oxygens (including phenoxy) is 1. The number of aromatic nitrogens is 3. The van der Waals surface area contributed by atoms with E-state index >= 15 is 0 Å². The summed E-state index contributed by atoms with van der Waals surface area (Å²) in [5, 5.41) is 5.57. The van der Waals surface area contributed by atoms with Gasteiger partial charge >= 0.3 is 6.18 Å². The van der Waals surface area contributed by atoms with E-state index in [1.807, 2.05) is 0 Å². The van der Waals surface area contributed by atoms with E-state index in [1.165, 1.54) is 24.5 Å². The highest BCUT2D eigenvalue weighted by atomic mass is 19.4. The van der Waals surface area contributed by atoms with Crippen molar-refractivity contribution in [3.8, 4) is 5.75 Å². The van der Waals surface area contributed by atoms with Gasteiger partial charge in [-0.2, -0.15) is 18.2 Å². The van der Waals surface area contributed by atoms with Crippen LogP contribution in [0.5, 0.6) is 5.75 Å². The minimum atomic E-state index is -4.48. The van der Waals surface area contributed by atoms with E-state index in [9.17, 15) is 18.0 Å². The molecule has 1 aliphatic rings. The lowest BCUT2D eigenvalue weighted by Gasteiger charge is -2.39. The molecule has 1 amide bonds. The summed E-state index contributed by atoms with van der Waals surface area (Å²) in [7, 11) is 1.55. The molecule has 166 valence electrons. The van der Waals surface area contributed by atoms with E-state index in [4.69, 9.17) is 4.74 Å². The van der Waals surface area contributed by atoms with Gasteiger partial charge < -0.3 is 20.3 Å². The quantitative estimate of drug-likeness (QED) is 0.603. The summed E-state index contributed by atoms with van der Waals surface area (Å²) in [5.74, 6) is 0.229. The molecule has 1 aromatic heterocycles. The van der Waals surface area contributed by atoms with Gasteiger partial charge in [0.05, 0.1) is 18.7 Å². The maximum absolute atomic E-state index is 13.1. The summed E-state index contributed by atoms with van der Waals surface area (Å²) in [6.45, 7) is 0.670. The van der Waals surface area contributed by atoms with Crippen molar-refractivity contribution in [1.29, 1.82) is 0 Å². The largest absolute Gasteiger partial charge is 0.486 e. The molecule has 0 bridgehead atoms. The number of hydrogen-bond donors (Lipinski definition) is 2. The normalized spacial score (nSPS) is 13.9. The number of para-hydroxylation sites is 1. The predicted molar refractivity (Wildman–Crippen MR) is 111 cm³/mol. The van der Waals surface area contributed by atoms with E-state index in [1.54, 1.807) is 36.2 Å². The minimum Gasteiger partial charge on any atom is -0.486 e. The molecule has 2 aromatic carbocycles. The average molecular weight is 444 g/mol. The summed E-state index contributed by atoms with van der Waals surface area (Å²) >= 11 is 0. The topological polar surface area (TPSA) is 92.3 Å². The highest BCUT2D eigenvalue weighted by molar-refractivity contribution is 5.95. The molecule has 0 unspecified atom stereocenters. The molecular formula is C21H19F3N6O2. The smallest absolute Gasteiger partial charge is 0.419 e. The van der Waals surface area contributed by atoms with Crippen LogP contribution in [-0.4, -0.2) is 47.1 Å². The SMILES string of the molecule is CNC(=O)c1cccc(Nc2ncnc(N3CC(Oc4ccccc4C(F)(F)F)C3)n2)c1. The highest BCUT2D eigenvalue weighted by Gasteiger charge is 2.37. The van der Waals surface area contributed by atoms with E-state index in [0.717, 1.165) is 6.07 Å². The van der Waals surface area contributed by atoms with Crippen molar-refractivity contribution < 1.29 is 22.7 Å². The van der Waals surface area contributed by atoms with Gasteiger partial charge in [-0.25, -0.2) is 9.97 Å². The number of alkyl halides is 3. The van der Waals surface area contributed by atoms with Crippen LogP contribution in [-0.2, 0) is 6.18 Å². The molecule has 1 fully saturated rings. The van der Waals surface area contributed by atoms with Crippen molar-refractivity contribution in [3.63, 3.8) is 0 Å². The number of carbonyl (C=O) groups is 1. The van der Waals surface area contributed by atoms with Crippen molar-refractivity contribution >= 4 is 23.5 Å². The van der Waals surface area contributed by atoms with Crippen LogP contribution in [0.2, 0.25) is 0 Å². The summed E-state index contributed by atoms with van der Waals surface area (Å²) in [5.41, 5.74) is 0.301. The zero-order chi connectivity index (χ0) is 22.7. The fourth-order valence-corrected chi connectivity index (χ4v) is 3.17. The lowest BCUT2D eigenvalue weighted by Crippen LogP contribution is -2.54. The lowest BCUT2D eigenvalue weighted by atomic mass is 10.1. The maximum atomic E-state index is 13.1. The van der Waals surface area contributed by atoms with Crippen LogP contribution < -0.4 is 20.3 Å². The molecule has 8 nitrogen and oxygen atoms in total. The average Bonchev–Trinajstić information content (AvgIpc) is 2.75. The number of amides is 1. The second-order valence-electron chi connectivity index (χ2n) is 7.03. The van der Waals surface area contributed by atoms with Gasteiger partial charge in [0.1, 0.15) is 18.2 Å². The molecule has 1 saturated heterocycles. The van der Waals surface area contributed by atoms with Gasteiger partial charge in [0.2, 0.25) is 11.9 Å². The van der Waals surface area contributed by atoms with Gasteiger partial charge in [-0.05, 0) is 30.3 Å². The van der Waals surface area contributed by atoms with Gasteiger partial charge in [-0.3, -0.25) is 4.79 Å². The molecule has 0 radical (unpaired) electrons. The van der Waals surface area contributed by atoms with Crippen molar-refractivity contribution in [2.45, 2.75) is 12.3 Å². The number of nitrogens with one attached hydrogen (secondary N) is 2. The van der Waals surface area contributed by atoms with Crippen LogP contribution in [0.1, 0.15) is 15.9 Å². The van der Waals surface area contributed by atoms with Gasteiger partial charge in [-0.15, -0.1) is 0 Å². The summed E-state index contributed by atoms with van der Waals surface area (Å²) in [6.07, 6.45) is -3.57. The number of hydrogen-bond acceptors (Lipinski definition) is 7. The molecule has 2 N–H and O–H groups in total. The monoisotopic (exact) mass is 444 g/mol. The Balaban J connectivity index is 1.39. The van der Waals surface area contributed by atoms with Crippen LogP contribution >= 0.6 is 0 Å². The second kappa shape index (κ2) is 8.69. The first kappa shape index (κ1) is 21.3. The van der Waals surface area contributed by atoms with Gasteiger partial charge in [0.15, 0.2) is 0 Å². The Bertz CT molecular complexity index is 1120. The van der Waals surface area contributed by atoms with Crippen LogP contribution in [0.25, 0.3) is 0 Å². The summed E-state index contributed by atoms with van der Waals surface area (Å²) in [4.78, 5) is 26.1. The van der Waals surface area contributed by atoms with E-state index < -0.39 is 17.8 Å². The standard InChI is InChI=1S/C21H19F3N6O2/c1-25-18(31)13-5-4-6-14(9-13)28-19-26-12-27-20(29-19)30-10-15(11-30)32-17-8-3-2-7-16(17)21(22,23)24/h2-9,12,15H,10-11H2,1H3,(H,25,31)(H,26,27,28,29). The zero-order valence-corrected chi connectivity index (χ0v) is 16.9. The first-order valence-corrected chi connectivity index (χ1v) is 9.69. The molecule has 3 aromatic rings. The van der Waals surface area contributed by atoms with E-state index in [-0.39, 0.29) is 17.6 Å². The Morgan fingerprint density at radius 3 is 2.66 bits per heavy atom. The Morgan fingerprint density at radius 2 is 1.91 bits per heavy atom. The maximum Gasteiger partial charge on any atom is 0.419 e.